The summed E-state index contributed by atoms with van der Waals surface area (Å²) in [7, 11) is 0. The molecular formula is C17H19NO3. The van der Waals surface area contributed by atoms with E-state index in [4.69, 9.17) is 9.84 Å². The quantitative estimate of drug-likeness (QED) is 0.818. The summed E-state index contributed by atoms with van der Waals surface area (Å²) in [5.74, 6) is -0.689. The molecule has 1 atom stereocenters. The van der Waals surface area contributed by atoms with Crippen LogP contribution in [0.4, 0.5) is 5.69 Å². The van der Waals surface area contributed by atoms with E-state index in [1.165, 1.54) is 5.56 Å². The van der Waals surface area contributed by atoms with Crippen molar-refractivity contribution in [3.63, 3.8) is 0 Å². The lowest BCUT2D eigenvalue weighted by Crippen LogP contribution is -2.17. The number of carboxylic acid groups (broad SMARTS) is 1. The fraction of sp³-hybridized carbons (Fsp3) is 0.235. The normalized spacial score (nSPS) is 11.7. The maximum Gasteiger partial charge on any atom is 0.309 e. The number of carbonyl (C=O) groups is 1. The van der Waals surface area contributed by atoms with Crippen LogP contribution in [-0.2, 0) is 11.3 Å². The predicted molar refractivity (Wildman–Crippen MR) is 82.5 cm³/mol. The lowest BCUT2D eigenvalue weighted by atomic mass is 10.2. The van der Waals surface area contributed by atoms with Crippen molar-refractivity contribution in [1.29, 1.82) is 0 Å². The molecule has 0 aliphatic rings. The molecular weight excluding hydrogens is 266 g/mol. The Morgan fingerprint density at radius 3 is 2.43 bits per heavy atom. The number of hydrogen-bond donors (Lipinski definition) is 2. The summed E-state index contributed by atoms with van der Waals surface area (Å²) in [6.07, 6.45) is 0. The largest absolute Gasteiger partial charge is 0.493 e. The van der Waals surface area contributed by atoms with Crippen molar-refractivity contribution >= 4 is 11.7 Å². The van der Waals surface area contributed by atoms with Gasteiger partial charge >= 0.3 is 5.97 Å². The summed E-state index contributed by atoms with van der Waals surface area (Å²) >= 11 is 0. The monoisotopic (exact) mass is 285 g/mol. The van der Waals surface area contributed by atoms with E-state index in [2.05, 4.69) is 17.4 Å². The van der Waals surface area contributed by atoms with Gasteiger partial charge in [0.25, 0.3) is 0 Å². The number of aliphatic carboxylic acids is 1. The van der Waals surface area contributed by atoms with Gasteiger partial charge in [0, 0.05) is 12.2 Å². The van der Waals surface area contributed by atoms with Gasteiger partial charge < -0.3 is 15.2 Å². The molecule has 2 aromatic carbocycles. The average molecular weight is 285 g/mol. The molecule has 0 saturated heterocycles. The number of anilines is 1. The van der Waals surface area contributed by atoms with Gasteiger partial charge in [-0.25, -0.2) is 0 Å². The maximum absolute atomic E-state index is 10.7. The number of hydrogen-bond acceptors (Lipinski definition) is 3. The molecule has 0 saturated carbocycles. The Hall–Kier alpha value is -2.49. The molecule has 0 heterocycles. The molecule has 0 aliphatic carbocycles. The van der Waals surface area contributed by atoms with Crippen molar-refractivity contribution in [2.45, 2.75) is 13.5 Å². The van der Waals surface area contributed by atoms with Crippen molar-refractivity contribution in [2.75, 3.05) is 11.9 Å². The minimum Gasteiger partial charge on any atom is -0.493 e. The molecule has 21 heavy (non-hydrogen) atoms. The van der Waals surface area contributed by atoms with Crippen molar-refractivity contribution in [3.05, 3.63) is 60.2 Å². The summed E-state index contributed by atoms with van der Waals surface area (Å²) in [5.41, 5.74) is 2.21. The standard InChI is InChI=1S/C17H19NO3/c1-13(17(19)20)12-21-16-9-7-15(8-10-16)18-11-14-5-3-2-4-6-14/h2-10,13,18H,11-12H2,1H3,(H,19,20). The Morgan fingerprint density at radius 1 is 1.14 bits per heavy atom. The Morgan fingerprint density at radius 2 is 1.81 bits per heavy atom. The van der Waals surface area contributed by atoms with E-state index < -0.39 is 11.9 Å². The number of carboxylic acids is 1. The minimum absolute atomic E-state index is 0.173. The maximum atomic E-state index is 10.7. The van der Waals surface area contributed by atoms with Crippen molar-refractivity contribution in [3.8, 4) is 5.75 Å². The second-order valence-electron chi connectivity index (χ2n) is 4.91. The second kappa shape index (κ2) is 7.33. The number of benzene rings is 2. The second-order valence-corrected chi connectivity index (χ2v) is 4.91. The Labute approximate surface area is 124 Å². The molecule has 4 nitrogen and oxygen atoms in total. The van der Waals surface area contributed by atoms with E-state index in [9.17, 15) is 4.79 Å². The van der Waals surface area contributed by atoms with Crippen molar-refractivity contribution in [1.82, 2.24) is 0 Å². The summed E-state index contributed by atoms with van der Waals surface area (Å²) < 4.78 is 5.44. The van der Waals surface area contributed by atoms with Crippen LogP contribution >= 0.6 is 0 Å². The summed E-state index contributed by atoms with van der Waals surface area (Å²) in [6.45, 7) is 2.56. The average Bonchev–Trinajstić information content (AvgIpc) is 2.52. The molecule has 0 radical (unpaired) electrons. The third-order valence-electron chi connectivity index (χ3n) is 3.12. The van der Waals surface area contributed by atoms with Crippen LogP contribution in [0.5, 0.6) is 5.75 Å². The van der Waals surface area contributed by atoms with Crippen molar-refractivity contribution in [2.24, 2.45) is 5.92 Å². The van der Waals surface area contributed by atoms with E-state index in [0.717, 1.165) is 12.2 Å². The molecule has 0 aromatic heterocycles. The van der Waals surface area contributed by atoms with Crippen LogP contribution in [0.25, 0.3) is 0 Å². The fourth-order valence-corrected chi connectivity index (χ4v) is 1.76. The van der Waals surface area contributed by atoms with Crippen molar-refractivity contribution < 1.29 is 14.6 Å². The van der Waals surface area contributed by atoms with E-state index in [0.29, 0.717) is 5.75 Å². The van der Waals surface area contributed by atoms with Gasteiger partial charge in [-0.05, 0) is 36.8 Å². The first-order valence-electron chi connectivity index (χ1n) is 6.88. The lowest BCUT2D eigenvalue weighted by Gasteiger charge is -2.11. The van der Waals surface area contributed by atoms with Crippen LogP contribution in [0.1, 0.15) is 12.5 Å². The van der Waals surface area contributed by atoms with E-state index in [-0.39, 0.29) is 6.61 Å². The first-order valence-corrected chi connectivity index (χ1v) is 6.88. The number of ether oxygens (including phenoxy) is 1. The Kier molecular flexibility index (Phi) is 5.21. The van der Waals surface area contributed by atoms with E-state index in [1.54, 1.807) is 6.92 Å². The van der Waals surface area contributed by atoms with Gasteiger partial charge in [0.15, 0.2) is 0 Å². The predicted octanol–water partition coefficient (Wildman–Crippen LogP) is 3.40. The van der Waals surface area contributed by atoms with Crippen LogP contribution in [0.15, 0.2) is 54.6 Å². The first kappa shape index (κ1) is 14.9. The van der Waals surface area contributed by atoms with Gasteiger partial charge in [-0.3, -0.25) is 4.79 Å². The highest BCUT2D eigenvalue weighted by Crippen LogP contribution is 2.17. The third-order valence-corrected chi connectivity index (χ3v) is 3.12. The lowest BCUT2D eigenvalue weighted by molar-refractivity contribution is -0.142. The molecule has 4 heteroatoms. The zero-order valence-corrected chi connectivity index (χ0v) is 12.0. The molecule has 2 aromatic rings. The number of rotatable bonds is 7. The highest BCUT2D eigenvalue weighted by atomic mass is 16.5. The summed E-state index contributed by atoms with van der Waals surface area (Å²) in [4.78, 5) is 10.7. The fourth-order valence-electron chi connectivity index (χ4n) is 1.76. The first-order chi connectivity index (χ1) is 10.1. The summed E-state index contributed by atoms with van der Waals surface area (Å²) in [5, 5.41) is 12.1. The Bertz CT molecular complexity index is 566. The van der Waals surface area contributed by atoms with Gasteiger partial charge in [-0.2, -0.15) is 0 Å². The van der Waals surface area contributed by atoms with Crippen LogP contribution in [0, 0.1) is 5.92 Å². The molecule has 0 aliphatic heterocycles. The highest BCUT2D eigenvalue weighted by Gasteiger charge is 2.11. The van der Waals surface area contributed by atoms with Crippen LogP contribution in [0.2, 0.25) is 0 Å². The third kappa shape index (κ3) is 4.84. The minimum atomic E-state index is -0.851. The van der Waals surface area contributed by atoms with Gasteiger partial charge in [-0.15, -0.1) is 0 Å². The van der Waals surface area contributed by atoms with Crippen LogP contribution < -0.4 is 10.1 Å². The number of nitrogens with one attached hydrogen (secondary N) is 1. The zero-order chi connectivity index (χ0) is 15.1. The highest BCUT2D eigenvalue weighted by molar-refractivity contribution is 5.69. The topological polar surface area (TPSA) is 58.6 Å². The van der Waals surface area contributed by atoms with Gasteiger partial charge in [0.2, 0.25) is 0 Å². The van der Waals surface area contributed by atoms with E-state index in [1.807, 2.05) is 42.5 Å². The van der Waals surface area contributed by atoms with Gasteiger partial charge in [0.05, 0.1) is 5.92 Å². The van der Waals surface area contributed by atoms with Gasteiger partial charge in [0.1, 0.15) is 12.4 Å². The molecule has 0 fully saturated rings. The molecule has 1 unspecified atom stereocenters. The SMILES string of the molecule is CC(COc1ccc(NCc2ccccc2)cc1)C(=O)O. The molecule has 0 spiro atoms. The zero-order valence-electron chi connectivity index (χ0n) is 12.0. The molecule has 2 N–H and O–H groups in total. The van der Waals surface area contributed by atoms with Crippen LogP contribution in [-0.4, -0.2) is 17.7 Å². The van der Waals surface area contributed by atoms with Gasteiger partial charge in [-0.1, -0.05) is 30.3 Å². The van der Waals surface area contributed by atoms with E-state index >= 15 is 0 Å². The summed E-state index contributed by atoms with van der Waals surface area (Å²) in [6, 6.07) is 17.7. The molecule has 110 valence electrons. The van der Waals surface area contributed by atoms with Crippen LogP contribution in [0.3, 0.4) is 0 Å². The molecule has 0 amide bonds. The smallest absolute Gasteiger partial charge is 0.309 e. The molecule has 0 bridgehead atoms. The molecule has 2 rings (SSSR count). The Balaban J connectivity index is 1.83.